The topological polar surface area (TPSA) is 22.6 Å². The van der Waals surface area contributed by atoms with E-state index in [1.807, 2.05) is 6.20 Å². The van der Waals surface area contributed by atoms with Gasteiger partial charge in [-0.2, -0.15) is 0 Å². The van der Waals surface area contributed by atoms with Gasteiger partial charge in [0, 0.05) is 51.7 Å². The summed E-state index contributed by atoms with van der Waals surface area (Å²) in [5.41, 5.74) is 3.54. The predicted octanol–water partition coefficient (Wildman–Crippen LogP) is 2.81. The van der Waals surface area contributed by atoms with Gasteiger partial charge in [0.2, 0.25) is 0 Å². The van der Waals surface area contributed by atoms with E-state index in [1.54, 1.807) is 0 Å². The van der Waals surface area contributed by atoms with Crippen LogP contribution in [-0.4, -0.2) is 58.2 Å². The monoisotopic (exact) mass is 298 g/mol. The van der Waals surface area contributed by atoms with Gasteiger partial charge in [0.05, 0.1) is 0 Å². The van der Waals surface area contributed by atoms with Crippen LogP contribution in [0.4, 0.5) is 11.5 Å². The van der Waals surface area contributed by atoms with Crippen LogP contribution in [-0.2, 0) is 0 Å². The van der Waals surface area contributed by atoms with E-state index in [2.05, 4.69) is 91.3 Å². The van der Waals surface area contributed by atoms with E-state index in [0.29, 0.717) is 0 Å². The van der Waals surface area contributed by atoms with Crippen LogP contribution in [0.25, 0.3) is 11.1 Å². The van der Waals surface area contributed by atoms with Crippen molar-refractivity contribution in [3.63, 3.8) is 0 Å². The molecule has 0 aliphatic carbocycles. The Hall–Kier alpha value is -2.07. The van der Waals surface area contributed by atoms with Crippen LogP contribution in [0, 0.1) is 0 Å². The van der Waals surface area contributed by atoms with Crippen LogP contribution < -0.4 is 9.80 Å². The highest BCUT2D eigenvalue weighted by molar-refractivity contribution is 5.68. The quantitative estimate of drug-likeness (QED) is 0.818. The maximum atomic E-state index is 4.60. The molecule has 4 nitrogen and oxygen atoms in total. The summed E-state index contributed by atoms with van der Waals surface area (Å²) in [5, 5.41) is 0. The van der Waals surface area contributed by atoms with E-state index in [4.69, 9.17) is 0 Å². The molecular weight excluding hydrogens is 272 g/mol. The van der Waals surface area contributed by atoms with Gasteiger partial charge >= 0.3 is 0 Å². The molecule has 0 spiro atoms. The van der Waals surface area contributed by atoms with Crippen LogP contribution >= 0.6 is 0 Å². The molecule has 0 unspecified atom stereocenters. The second kappa shape index (κ2) is 7.27. The van der Waals surface area contributed by atoms with E-state index >= 15 is 0 Å². The predicted molar refractivity (Wildman–Crippen MR) is 95.8 cm³/mol. The van der Waals surface area contributed by atoms with Crippen LogP contribution in [0.5, 0.6) is 0 Å². The highest BCUT2D eigenvalue weighted by Gasteiger charge is 2.05. The van der Waals surface area contributed by atoms with Gasteiger partial charge in [0.25, 0.3) is 0 Å². The highest BCUT2D eigenvalue weighted by Crippen LogP contribution is 2.24. The highest BCUT2D eigenvalue weighted by atomic mass is 15.2. The molecule has 0 aliphatic heterocycles. The van der Waals surface area contributed by atoms with Crippen molar-refractivity contribution in [2.45, 2.75) is 0 Å². The minimum Gasteiger partial charge on any atom is -0.378 e. The zero-order chi connectivity index (χ0) is 16.1. The largest absolute Gasteiger partial charge is 0.378 e. The standard InChI is InChI=1S/C18H26N4/c1-20(2)11-12-22(5)18-10-9-16(14-19-18)15-7-6-8-17(13-15)21(3)4/h6-10,13-14H,11-12H2,1-5H3. The summed E-state index contributed by atoms with van der Waals surface area (Å²) in [6, 6.07) is 12.7. The van der Waals surface area contributed by atoms with Crippen molar-refractivity contribution in [3.05, 3.63) is 42.6 Å². The molecule has 0 N–H and O–H groups in total. The molecular formula is C18H26N4. The van der Waals surface area contributed by atoms with Crippen molar-refractivity contribution >= 4 is 11.5 Å². The third-order valence-corrected chi connectivity index (χ3v) is 3.72. The first-order valence-electron chi connectivity index (χ1n) is 7.57. The first-order chi connectivity index (χ1) is 10.5. The SMILES string of the molecule is CN(C)CCN(C)c1ccc(-c2cccc(N(C)C)c2)cn1. The van der Waals surface area contributed by atoms with Crippen molar-refractivity contribution in [2.75, 3.05) is 58.1 Å². The third-order valence-electron chi connectivity index (χ3n) is 3.72. The molecule has 4 heteroatoms. The summed E-state index contributed by atoms with van der Waals surface area (Å²) in [6.45, 7) is 1.99. The number of aromatic nitrogens is 1. The lowest BCUT2D eigenvalue weighted by Crippen LogP contribution is -2.28. The van der Waals surface area contributed by atoms with E-state index in [9.17, 15) is 0 Å². The van der Waals surface area contributed by atoms with Gasteiger partial charge in [0.1, 0.15) is 5.82 Å². The van der Waals surface area contributed by atoms with Gasteiger partial charge in [-0.05, 0) is 43.9 Å². The first-order valence-corrected chi connectivity index (χ1v) is 7.57. The molecule has 0 saturated heterocycles. The van der Waals surface area contributed by atoms with Gasteiger partial charge in [-0.1, -0.05) is 12.1 Å². The molecule has 1 aromatic carbocycles. The minimum atomic E-state index is 0.968. The normalized spacial score (nSPS) is 10.8. The molecule has 1 aromatic heterocycles. The maximum absolute atomic E-state index is 4.60. The van der Waals surface area contributed by atoms with Crippen LogP contribution in [0.15, 0.2) is 42.6 Å². The second-order valence-electron chi connectivity index (χ2n) is 6.07. The lowest BCUT2D eigenvalue weighted by atomic mass is 10.1. The third kappa shape index (κ3) is 4.21. The fraction of sp³-hybridized carbons (Fsp3) is 0.389. The van der Waals surface area contributed by atoms with E-state index in [1.165, 1.54) is 11.3 Å². The summed E-state index contributed by atoms with van der Waals surface area (Å²) in [5.74, 6) is 1.01. The fourth-order valence-corrected chi connectivity index (χ4v) is 2.21. The van der Waals surface area contributed by atoms with Crippen LogP contribution in [0.3, 0.4) is 0 Å². The van der Waals surface area contributed by atoms with Crippen molar-refractivity contribution in [1.29, 1.82) is 0 Å². The second-order valence-corrected chi connectivity index (χ2v) is 6.07. The lowest BCUT2D eigenvalue weighted by Gasteiger charge is -2.20. The molecule has 2 aromatic rings. The van der Waals surface area contributed by atoms with Crippen molar-refractivity contribution in [2.24, 2.45) is 0 Å². The maximum Gasteiger partial charge on any atom is 0.128 e. The molecule has 0 amide bonds. The molecule has 0 aliphatic rings. The Bertz CT molecular complexity index is 590. The molecule has 2 rings (SSSR count). The molecule has 0 atom stereocenters. The number of hydrogen-bond donors (Lipinski definition) is 0. The Balaban J connectivity index is 2.13. The summed E-state index contributed by atoms with van der Waals surface area (Å²) in [7, 11) is 10.4. The number of hydrogen-bond acceptors (Lipinski definition) is 4. The molecule has 22 heavy (non-hydrogen) atoms. The molecule has 0 radical (unpaired) electrons. The van der Waals surface area contributed by atoms with Crippen molar-refractivity contribution < 1.29 is 0 Å². The number of rotatable bonds is 6. The zero-order valence-electron chi connectivity index (χ0n) is 14.2. The smallest absolute Gasteiger partial charge is 0.128 e. The Morgan fingerprint density at radius 1 is 0.864 bits per heavy atom. The number of pyridine rings is 1. The first kappa shape index (κ1) is 16.3. The Morgan fingerprint density at radius 2 is 1.64 bits per heavy atom. The Morgan fingerprint density at radius 3 is 2.23 bits per heavy atom. The average Bonchev–Trinajstić information content (AvgIpc) is 2.53. The number of benzene rings is 1. The number of likely N-dealkylation sites (N-methyl/N-ethyl adjacent to an activating group) is 2. The lowest BCUT2D eigenvalue weighted by molar-refractivity contribution is 0.416. The van der Waals surface area contributed by atoms with Crippen LogP contribution in [0.1, 0.15) is 0 Å². The molecule has 0 bridgehead atoms. The summed E-state index contributed by atoms with van der Waals surface area (Å²) in [4.78, 5) is 11.1. The Kier molecular flexibility index (Phi) is 5.39. The van der Waals surface area contributed by atoms with E-state index in [-0.39, 0.29) is 0 Å². The van der Waals surface area contributed by atoms with E-state index in [0.717, 1.165) is 24.5 Å². The molecule has 1 heterocycles. The minimum absolute atomic E-state index is 0.968. The average molecular weight is 298 g/mol. The van der Waals surface area contributed by atoms with Gasteiger partial charge in [-0.15, -0.1) is 0 Å². The van der Waals surface area contributed by atoms with Crippen molar-refractivity contribution in [3.8, 4) is 11.1 Å². The summed E-state index contributed by atoms with van der Waals surface area (Å²) >= 11 is 0. The van der Waals surface area contributed by atoms with Gasteiger partial charge in [-0.25, -0.2) is 4.98 Å². The molecule has 0 saturated carbocycles. The van der Waals surface area contributed by atoms with Gasteiger partial charge in [-0.3, -0.25) is 0 Å². The van der Waals surface area contributed by atoms with Crippen molar-refractivity contribution in [1.82, 2.24) is 9.88 Å². The molecule has 118 valence electrons. The zero-order valence-corrected chi connectivity index (χ0v) is 14.2. The fourth-order valence-electron chi connectivity index (χ4n) is 2.21. The Labute approximate surface area is 134 Å². The number of anilines is 2. The van der Waals surface area contributed by atoms with E-state index < -0.39 is 0 Å². The summed E-state index contributed by atoms with van der Waals surface area (Å²) in [6.07, 6.45) is 1.95. The van der Waals surface area contributed by atoms with Gasteiger partial charge < -0.3 is 14.7 Å². The summed E-state index contributed by atoms with van der Waals surface area (Å²) < 4.78 is 0. The van der Waals surface area contributed by atoms with Gasteiger partial charge in [0.15, 0.2) is 0 Å². The van der Waals surface area contributed by atoms with Crippen LogP contribution in [0.2, 0.25) is 0 Å². The molecule has 0 fully saturated rings. The number of nitrogens with zero attached hydrogens (tertiary/aromatic N) is 4.